The summed E-state index contributed by atoms with van der Waals surface area (Å²) in [6.07, 6.45) is 7.62. The molecule has 5 aliphatic rings. The molecule has 1 saturated carbocycles. The van der Waals surface area contributed by atoms with E-state index in [1.165, 1.54) is 31.6 Å². The van der Waals surface area contributed by atoms with Crippen molar-refractivity contribution in [1.82, 2.24) is 34.5 Å². The molecule has 14 nitrogen and oxygen atoms in total. The molecule has 0 radical (unpaired) electrons. The lowest BCUT2D eigenvalue weighted by atomic mass is 9.79. The molecule has 5 aromatic rings. The minimum Gasteiger partial charge on any atom is -0.469 e. The lowest BCUT2D eigenvalue weighted by Gasteiger charge is -2.42. The van der Waals surface area contributed by atoms with Crippen molar-refractivity contribution in [3.05, 3.63) is 35.7 Å². The third-order valence-corrected chi connectivity index (χ3v) is 16.1. The predicted molar refractivity (Wildman–Crippen MR) is 254 cm³/mol. The van der Waals surface area contributed by atoms with Crippen LogP contribution >= 0.6 is 11.3 Å². The van der Waals surface area contributed by atoms with E-state index in [1.807, 2.05) is 31.7 Å². The lowest BCUT2D eigenvalue weighted by molar-refractivity contribution is -0.147. The second kappa shape index (κ2) is 18.2. The molecule has 1 aromatic carbocycles. The number of hydrogen-bond donors (Lipinski definition) is 0. The second-order valence-electron chi connectivity index (χ2n) is 21.3. The van der Waals surface area contributed by atoms with Gasteiger partial charge in [-0.2, -0.15) is 28.2 Å². The number of hydrogen-bond acceptors (Lipinski definition) is 13. The molecular weight excluding hydrogens is 898 g/mol. The molecule has 68 heavy (non-hydrogen) atoms. The molecule has 1 aliphatic carbocycles. The number of halogens is 3. The Morgan fingerprint density at radius 3 is 2.44 bits per heavy atom. The Morgan fingerprint density at radius 1 is 0.985 bits per heavy atom. The first-order chi connectivity index (χ1) is 32.5. The number of nitrogens with zero attached hydrogens (tertiary/aromatic N) is 8. The number of fused-ring (bicyclic) bond motifs is 6. The van der Waals surface area contributed by atoms with Crippen LogP contribution in [0, 0.1) is 24.2 Å². The Hall–Kier alpha value is -4.81. The van der Waals surface area contributed by atoms with Crippen LogP contribution in [0.1, 0.15) is 116 Å². The van der Waals surface area contributed by atoms with E-state index >= 15 is 13.2 Å². The van der Waals surface area contributed by atoms with Gasteiger partial charge < -0.3 is 28.7 Å². The number of aromatic nitrogens is 5. The van der Waals surface area contributed by atoms with E-state index in [0.717, 1.165) is 83.8 Å². The van der Waals surface area contributed by atoms with Crippen LogP contribution in [0.25, 0.3) is 42.5 Å². The van der Waals surface area contributed by atoms with Crippen molar-refractivity contribution in [1.29, 1.82) is 0 Å². The van der Waals surface area contributed by atoms with Crippen molar-refractivity contribution in [2.75, 3.05) is 57.9 Å². The minimum atomic E-state index is -4.69. The number of pyridine rings is 1. The summed E-state index contributed by atoms with van der Waals surface area (Å²) in [7, 11) is 1.47. The number of benzene rings is 1. The number of likely N-dealkylation sites (tertiary alicyclic amines) is 1. The molecule has 0 N–H and O–H groups in total. The molecule has 10 rings (SSSR count). The molecule has 366 valence electrons. The van der Waals surface area contributed by atoms with E-state index in [0.29, 0.717) is 75.7 Å². The van der Waals surface area contributed by atoms with Gasteiger partial charge in [0, 0.05) is 60.7 Å². The highest BCUT2D eigenvalue weighted by atomic mass is 32.1. The number of rotatable bonds is 9. The minimum absolute atomic E-state index is 0.00573. The first-order valence-electron chi connectivity index (χ1n) is 24.5. The maximum absolute atomic E-state index is 15.4. The van der Waals surface area contributed by atoms with Crippen molar-refractivity contribution in [3.8, 4) is 17.3 Å². The van der Waals surface area contributed by atoms with Crippen LogP contribution in [-0.4, -0.2) is 117 Å². The molecule has 18 heteroatoms. The highest BCUT2D eigenvalue weighted by Crippen LogP contribution is 2.49. The molecular formula is C50H63F3N8O6S. The number of piperazine rings is 1. The maximum Gasteiger partial charge on any atom is 0.417 e. The van der Waals surface area contributed by atoms with Gasteiger partial charge in [0.2, 0.25) is 0 Å². The van der Waals surface area contributed by atoms with Crippen LogP contribution in [-0.2, 0) is 25.2 Å². The molecule has 4 saturated heterocycles. The number of anilines is 1. The lowest BCUT2D eigenvalue weighted by Crippen LogP contribution is -2.57. The second-order valence-corrected chi connectivity index (χ2v) is 22.3. The average molecular weight is 961 g/mol. The van der Waals surface area contributed by atoms with Crippen LogP contribution in [0.3, 0.4) is 0 Å². The number of esters is 1. The Bertz CT molecular complexity index is 2690. The first kappa shape index (κ1) is 46.9. The fraction of sp³-hybridized carbons (Fsp3) is 0.640. The summed E-state index contributed by atoms with van der Waals surface area (Å²) in [6.45, 7) is 14.1. The Labute approximate surface area is 398 Å². The molecule has 5 fully saturated rings. The van der Waals surface area contributed by atoms with Crippen molar-refractivity contribution < 1.29 is 41.7 Å². The number of thiophene rings is 1. The Morgan fingerprint density at radius 2 is 1.75 bits per heavy atom. The largest absolute Gasteiger partial charge is 0.469 e. The van der Waals surface area contributed by atoms with E-state index in [2.05, 4.69) is 21.8 Å². The smallest absolute Gasteiger partial charge is 0.417 e. The first-order valence-corrected chi connectivity index (χ1v) is 25.3. The van der Waals surface area contributed by atoms with Crippen molar-refractivity contribution in [2.45, 2.75) is 135 Å². The van der Waals surface area contributed by atoms with Crippen LogP contribution < -0.4 is 9.64 Å². The number of alkyl halides is 3. The summed E-state index contributed by atoms with van der Waals surface area (Å²) in [4.78, 5) is 47.9. The molecule has 1 amide bonds. The third-order valence-electron chi connectivity index (χ3n) is 15.0. The number of amides is 1. The van der Waals surface area contributed by atoms with Crippen molar-refractivity contribution in [3.63, 3.8) is 0 Å². The topological polar surface area (TPSA) is 137 Å². The zero-order valence-corrected chi connectivity index (χ0v) is 40.8. The number of carbonyl (C=O) groups excluding carboxylic acids is 2. The van der Waals surface area contributed by atoms with E-state index in [1.54, 1.807) is 16.9 Å². The van der Waals surface area contributed by atoms with Crippen LogP contribution in [0.2, 0.25) is 0 Å². The highest BCUT2D eigenvalue weighted by Gasteiger charge is 2.46. The Balaban J connectivity index is 1.02. The molecule has 4 atom stereocenters. The predicted octanol–water partition coefficient (Wildman–Crippen LogP) is 10.3. The molecule has 4 aromatic heterocycles. The van der Waals surface area contributed by atoms with Gasteiger partial charge in [0.15, 0.2) is 6.23 Å². The van der Waals surface area contributed by atoms with Crippen LogP contribution in [0.15, 0.2) is 24.5 Å². The zero-order chi connectivity index (χ0) is 47.7. The number of carbonyl (C=O) groups is 2. The maximum atomic E-state index is 15.4. The van der Waals surface area contributed by atoms with Gasteiger partial charge in [-0.1, -0.05) is 6.92 Å². The number of ether oxygens (including phenoxy) is 4. The quantitative estimate of drug-likeness (QED) is 0.130. The summed E-state index contributed by atoms with van der Waals surface area (Å²) in [5.74, 6) is 1.04. The fourth-order valence-corrected chi connectivity index (χ4v) is 13.0. The SMILES string of the molecule is COC(=O)C1CCC(CN2CCCC(C)(COc3nc(N4C[C@H]5CC[C@@H](C4)N5C(=O)OC(C)(C)C)c4c(n3)sc3c(-c5c(C(F)(F)F)c(C)cc6c5cnn6C5CCCCO5)nccc34)C2)CC1. The van der Waals surface area contributed by atoms with E-state index < -0.39 is 17.3 Å². The van der Waals surface area contributed by atoms with E-state index in [-0.39, 0.29) is 64.5 Å². The Kier molecular flexibility index (Phi) is 12.5. The average Bonchev–Trinajstić information content (AvgIpc) is 3.98. The van der Waals surface area contributed by atoms with Crippen molar-refractivity contribution >= 4 is 60.4 Å². The summed E-state index contributed by atoms with van der Waals surface area (Å²) in [5.41, 5.74) is -0.761. The van der Waals surface area contributed by atoms with Gasteiger partial charge in [0.05, 0.1) is 64.8 Å². The summed E-state index contributed by atoms with van der Waals surface area (Å²) < 4.78 is 72.1. The molecule has 0 spiro atoms. The van der Waals surface area contributed by atoms with Gasteiger partial charge >= 0.3 is 24.2 Å². The van der Waals surface area contributed by atoms with Gasteiger partial charge in [0.1, 0.15) is 16.2 Å². The number of methoxy groups -OCH3 is 1. The standard InChI is InChI=1S/C50H63F3N8O6S/c1-29-22-36-35(23-55-61(36)37-10-7-8-21-65-37)38(40(29)50(51,52)53)41-42-34(17-19-54-41)39-43(59-25-32-15-16-33(26-59)60(32)47(63)67-48(2,3)4)56-46(57-44(39)68-42)66-28-49(5)18-9-20-58(27-49)24-30-11-13-31(14-12-30)45(62)64-6/h17,19,22-23,30-33,37H,7-16,18,20-21,24-28H2,1-6H3/t30?,31?,32-,33+,37?,49?. The fourth-order valence-electron chi connectivity index (χ4n) is 11.9. The number of piperidine rings is 1. The molecule has 4 aliphatic heterocycles. The van der Waals surface area contributed by atoms with Gasteiger partial charge in [-0.3, -0.25) is 14.7 Å². The van der Waals surface area contributed by atoms with Crippen molar-refractivity contribution in [2.24, 2.45) is 17.3 Å². The number of aryl methyl sites for hydroxylation is 1. The molecule has 8 heterocycles. The van der Waals surface area contributed by atoms with Gasteiger partial charge in [0.25, 0.3) is 0 Å². The normalized spacial score (nSPS) is 26.2. The summed E-state index contributed by atoms with van der Waals surface area (Å²) in [5, 5.41) is 6.41. The molecule has 2 unspecified atom stereocenters. The van der Waals surface area contributed by atoms with E-state index in [4.69, 9.17) is 33.9 Å². The van der Waals surface area contributed by atoms with Crippen LogP contribution in [0.4, 0.5) is 23.8 Å². The highest BCUT2D eigenvalue weighted by molar-refractivity contribution is 7.26. The van der Waals surface area contributed by atoms with Gasteiger partial charge in [-0.25, -0.2) is 9.48 Å². The third kappa shape index (κ3) is 9.09. The van der Waals surface area contributed by atoms with E-state index in [9.17, 15) is 9.59 Å². The van der Waals surface area contributed by atoms with Crippen LogP contribution in [0.5, 0.6) is 6.01 Å². The van der Waals surface area contributed by atoms with Gasteiger partial charge in [-0.05, 0) is 128 Å². The summed E-state index contributed by atoms with van der Waals surface area (Å²) in [6, 6.07) is 3.37. The zero-order valence-electron chi connectivity index (χ0n) is 40.0. The molecule has 2 bridgehead atoms. The monoisotopic (exact) mass is 960 g/mol. The summed E-state index contributed by atoms with van der Waals surface area (Å²) >= 11 is 1.30. The van der Waals surface area contributed by atoms with Gasteiger partial charge in [-0.15, -0.1) is 11.3 Å².